The number of fused-ring (bicyclic) bond motifs is 1. The predicted molar refractivity (Wildman–Crippen MR) is 114 cm³/mol. The lowest BCUT2D eigenvalue weighted by Gasteiger charge is -2.30. The molecular weight excluding hydrogens is 528 g/mol. The van der Waals surface area contributed by atoms with Crippen LogP contribution in [0.2, 0.25) is 0 Å². The Kier molecular flexibility index (Phi) is 8.96. The number of ether oxygens (including phenoxy) is 2. The average Bonchev–Trinajstić information content (AvgIpc) is 3.30. The number of amides is 1. The van der Waals surface area contributed by atoms with E-state index in [0.717, 1.165) is 18.8 Å². The number of rotatable bonds is 9. The number of aromatic nitrogens is 3. The van der Waals surface area contributed by atoms with Gasteiger partial charge in [-0.05, 0) is 18.1 Å². The molecule has 0 radical (unpaired) electrons. The Morgan fingerprint density at radius 2 is 1.68 bits per heavy atom. The first-order chi connectivity index (χ1) is 17.8. The monoisotopic (exact) mass is 551 g/mol. The van der Waals surface area contributed by atoms with E-state index in [9.17, 15) is 40.7 Å². The summed E-state index contributed by atoms with van der Waals surface area (Å²) >= 11 is 0. The Morgan fingerprint density at radius 1 is 1.00 bits per heavy atom. The average molecular weight is 551 g/mol. The van der Waals surface area contributed by atoms with E-state index < -0.39 is 78.6 Å². The summed E-state index contributed by atoms with van der Waals surface area (Å²) in [5, 5.41) is 9.35. The van der Waals surface area contributed by atoms with Gasteiger partial charge >= 0.3 is 18.1 Å². The molecule has 1 aliphatic heterocycles. The zero-order valence-corrected chi connectivity index (χ0v) is 20.1. The minimum Gasteiger partial charge on any atom is -0.469 e. The van der Waals surface area contributed by atoms with Crippen molar-refractivity contribution < 1.29 is 50.2 Å². The van der Waals surface area contributed by atoms with Crippen LogP contribution in [0.25, 0.3) is 0 Å². The van der Waals surface area contributed by atoms with E-state index in [0.29, 0.717) is 12.1 Å². The predicted octanol–water partition coefficient (Wildman–Crippen LogP) is 1.75. The second kappa shape index (κ2) is 11.8. The minimum atomic E-state index is -4.73. The van der Waals surface area contributed by atoms with Gasteiger partial charge < -0.3 is 24.3 Å². The summed E-state index contributed by atoms with van der Waals surface area (Å²) in [6, 6.07) is -1.55. The van der Waals surface area contributed by atoms with Crippen LogP contribution in [0.5, 0.6) is 0 Å². The van der Waals surface area contributed by atoms with Gasteiger partial charge in [-0.2, -0.15) is 13.2 Å². The lowest BCUT2D eigenvalue weighted by Crippen LogP contribution is -2.49. The molecule has 1 N–H and O–H groups in total. The number of benzene rings is 1. The van der Waals surface area contributed by atoms with Crippen LogP contribution >= 0.6 is 0 Å². The number of nitrogens with zero attached hydrogens (tertiary/aromatic N) is 4. The summed E-state index contributed by atoms with van der Waals surface area (Å²) in [6.07, 6.45) is -6.15. The zero-order chi connectivity index (χ0) is 28.2. The Labute approximate surface area is 211 Å². The van der Waals surface area contributed by atoms with E-state index in [1.807, 2.05) is 0 Å². The Morgan fingerprint density at radius 3 is 2.32 bits per heavy atom. The van der Waals surface area contributed by atoms with Crippen LogP contribution in [-0.2, 0) is 49.5 Å². The molecular formula is C22H23F6N5O5. The molecule has 0 aliphatic carbocycles. The van der Waals surface area contributed by atoms with Crippen LogP contribution in [0.15, 0.2) is 12.1 Å². The number of nitrogens with one attached hydrogen (secondary N) is 1. The summed E-state index contributed by atoms with van der Waals surface area (Å²) in [5.74, 6) is -7.55. The maximum Gasteiger partial charge on any atom is 0.451 e. The van der Waals surface area contributed by atoms with Gasteiger partial charge in [0.2, 0.25) is 11.7 Å². The smallest absolute Gasteiger partial charge is 0.451 e. The van der Waals surface area contributed by atoms with E-state index in [4.69, 9.17) is 0 Å². The molecule has 38 heavy (non-hydrogen) atoms. The molecule has 0 spiro atoms. The van der Waals surface area contributed by atoms with Gasteiger partial charge in [0.15, 0.2) is 17.5 Å². The van der Waals surface area contributed by atoms with E-state index >= 15 is 0 Å². The van der Waals surface area contributed by atoms with Crippen molar-refractivity contribution in [3.05, 3.63) is 46.8 Å². The highest BCUT2D eigenvalue weighted by molar-refractivity contribution is 5.83. The lowest BCUT2D eigenvalue weighted by molar-refractivity contribution is -0.150. The van der Waals surface area contributed by atoms with Gasteiger partial charge in [0.1, 0.15) is 11.9 Å². The molecule has 2 atom stereocenters. The first-order valence-electron chi connectivity index (χ1n) is 11.1. The summed E-state index contributed by atoms with van der Waals surface area (Å²) in [7, 11) is 2.12. The number of carbonyl (C=O) groups excluding carboxylic acids is 3. The van der Waals surface area contributed by atoms with Gasteiger partial charge in [0, 0.05) is 31.6 Å². The quantitative estimate of drug-likeness (QED) is 0.285. The number of hydrogen-bond donors (Lipinski definition) is 1. The first kappa shape index (κ1) is 28.9. The molecule has 1 aromatic heterocycles. The van der Waals surface area contributed by atoms with Crippen LogP contribution in [0.1, 0.15) is 30.1 Å². The molecule has 1 amide bonds. The molecule has 0 fully saturated rings. The van der Waals surface area contributed by atoms with Crippen molar-refractivity contribution >= 4 is 17.8 Å². The minimum absolute atomic E-state index is 0.105. The normalized spacial score (nSPS) is 15.0. The van der Waals surface area contributed by atoms with Crippen molar-refractivity contribution in [2.75, 3.05) is 20.8 Å². The number of halogens is 6. The fourth-order valence-electron chi connectivity index (χ4n) is 3.98. The van der Waals surface area contributed by atoms with Crippen molar-refractivity contribution in [2.45, 2.75) is 50.6 Å². The number of hydrogen-bond acceptors (Lipinski definition) is 8. The molecule has 3 rings (SSSR count). The van der Waals surface area contributed by atoms with Crippen LogP contribution in [0, 0.1) is 17.5 Å². The lowest BCUT2D eigenvalue weighted by atomic mass is 10.00. The fraction of sp³-hybridized carbons (Fsp3) is 0.500. The van der Waals surface area contributed by atoms with E-state index in [1.165, 1.54) is 4.90 Å². The maximum atomic E-state index is 14.4. The van der Waals surface area contributed by atoms with Gasteiger partial charge in [-0.15, -0.1) is 10.2 Å². The number of alkyl halides is 3. The summed E-state index contributed by atoms with van der Waals surface area (Å²) in [5.41, 5.74) is -0.330. The molecule has 0 saturated carbocycles. The molecule has 208 valence electrons. The van der Waals surface area contributed by atoms with E-state index in [-0.39, 0.29) is 31.0 Å². The highest BCUT2D eigenvalue weighted by atomic mass is 19.4. The molecule has 0 saturated heterocycles. The summed E-state index contributed by atoms with van der Waals surface area (Å²) in [6.45, 7) is -0.690. The molecule has 10 nitrogen and oxygen atoms in total. The SMILES string of the molecule is COC(=O)CC(N[C@@H](CC(=O)N1CCn2c(nnc2C(F)(F)F)C1)Cc1cc(F)c(F)cc1F)C(=O)OC. The van der Waals surface area contributed by atoms with Crippen molar-refractivity contribution in [3.8, 4) is 0 Å². The number of esters is 2. The van der Waals surface area contributed by atoms with Crippen LogP contribution < -0.4 is 5.32 Å². The van der Waals surface area contributed by atoms with E-state index in [1.54, 1.807) is 0 Å². The second-order valence-electron chi connectivity index (χ2n) is 8.39. The second-order valence-corrected chi connectivity index (χ2v) is 8.39. The zero-order valence-electron chi connectivity index (χ0n) is 20.1. The maximum absolute atomic E-state index is 14.4. The Hall–Kier alpha value is -3.69. The van der Waals surface area contributed by atoms with Gasteiger partial charge in [0.05, 0.1) is 27.2 Å². The van der Waals surface area contributed by atoms with Gasteiger partial charge in [-0.3, -0.25) is 14.4 Å². The first-order valence-corrected chi connectivity index (χ1v) is 11.1. The van der Waals surface area contributed by atoms with E-state index in [2.05, 4.69) is 25.0 Å². The summed E-state index contributed by atoms with van der Waals surface area (Å²) < 4.78 is 90.9. The molecule has 2 heterocycles. The van der Waals surface area contributed by atoms with Crippen LogP contribution in [0.4, 0.5) is 26.3 Å². The third-order valence-electron chi connectivity index (χ3n) is 5.86. The third kappa shape index (κ3) is 6.79. The third-order valence-corrected chi connectivity index (χ3v) is 5.86. The number of methoxy groups -OCH3 is 2. The Balaban J connectivity index is 1.83. The molecule has 16 heteroatoms. The highest BCUT2D eigenvalue weighted by Gasteiger charge is 2.40. The van der Waals surface area contributed by atoms with Crippen LogP contribution in [-0.4, -0.2) is 70.4 Å². The number of carbonyl (C=O) groups is 3. The van der Waals surface area contributed by atoms with Crippen molar-refractivity contribution in [1.29, 1.82) is 0 Å². The van der Waals surface area contributed by atoms with Gasteiger partial charge in [0.25, 0.3) is 0 Å². The van der Waals surface area contributed by atoms with Crippen molar-refractivity contribution in [2.24, 2.45) is 0 Å². The van der Waals surface area contributed by atoms with Gasteiger partial charge in [-0.1, -0.05) is 0 Å². The topological polar surface area (TPSA) is 116 Å². The van der Waals surface area contributed by atoms with Gasteiger partial charge in [-0.25, -0.2) is 13.2 Å². The Bertz CT molecular complexity index is 1200. The van der Waals surface area contributed by atoms with Crippen LogP contribution in [0.3, 0.4) is 0 Å². The fourth-order valence-corrected chi connectivity index (χ4v) is 3.98. The molecule has 0 bridgehead atoms. The highest BCUT2D eigenvalue weighted by Crippen LogP contribution is 2.29. The molecule has 1 unspecified atom stereocenters. The molecule has 1 aromatic carbocycles. The molecule has 1 aliphatic rings. The standard InChI is InChI=1S/C22H23F6N5O5/c1-37-19(35)9-16(20(36)38-2)29-12(5-11-6-14(24)15(25)8-13(11)23)7-18(34)32-3-4-33-17(10-32)30-31-21(33)22(26,27)28/h6,8,12,16,29H,3-5,7,9-10H2,1-2H3/t12-,16?/m1/s1. The van der Waals surface area contributed by atoms with Crippen molar-refractivity contribution in [3.63, 3.8) is 0 Å². The largest absolute Gasteiger partial charge is 0.469 e. The summed E-state index contributed by atoms with van der Waals surface area (Å²) in [4.78, 5) is 38.3. The van der Waals surface area contributed by atoms with Crippen molar-refractivity contribution in [1.82, 2.24) is 25.0 Å². The molecule has 2 aromatic rings.